The second-order valence-corrected chi connectivity index (χ2v) is 6.52. The molecular weight excluding hydrogens is 354 g/mol. The Kier molecular flexibility index (Phi) is 6.64. The molecule has 0 aliphatic carbocycles. The second-order valence-electron chi connectivity index (χ2n) is 6.11. The van der Waals surface area contributed by atoms with E-state index in [-0.39, 0.29) is 6.61 Å². The highest BCUT2D eigenvalue weighted by Crippen LogP contribution is 2.23. The number of amides is 1. The van der Waals surface area contributed by atoms with Crippen LogP contribution in [0.1, 0.15) is 23.6 Å². The van der Waals surface area contributed by atoms with Crippen molar-refractivity contribution >= 4 is 29.2 Å². The number of para-hydroxylation sites is 1. The summed E-state index contributed by atoms with van der Waals surface area (Å²) in [6, 6.07) is 10.8. The molecule has 0 unspecified atom stereocenters. The lowest BCUT2D eigenvalue weighted by molar-refractivity contribution is -0.155. The molecule has 26 heavy (non-hydrogen) atoms. The van der Waals surface area contributed by atoms with Gasteiger partial charge in [0.2, 0.25) is 0 Å². The first-order valence-corrected chi connectivity index (χ1v) is 8.61. The first kappa shape index (κ1) is 19.8. The molecule has 0 bridgehead atoms. The Morgan fingerprint density at radius 2 is 1.73 bits per heavy atom. The van der Waals surface area contributed by atoms with Gasteiger partial charge in [0.25, 0.3) is 5.91 Å². The molecule has 0 aliphatic rings. The van der Waals surface area contributed by atoms with E-state index in [9.17, 15) is 9.59 Å². The largest absolute Gasteiger partial charge is 0.480 e. The number of ether oxygens (including phenoxy) is 2. The molecule has 2 rings (SSSR count). The van der Waals surface area contributed by atoms with Crippen molar-refractivity contribution in [2.24, 2.45) is 0 Å². The fraction of sp³-hybridized carbons (Fsp3) is 0.300. The van der Waals surface area contributed by atoms with Crippen molar-refractivity contribution in [2.45, 2.75) is 33.8 Å². The number of hydrogen-bond acceptors (Lipinski definition) is 4. The molecule has 0 radical (unpaired) electrons. The predicted molar refractivity (Wildman–Crippen MR) is 102 cm³/mol. The van der Waals surface area contributed by atoms with Gasteiger partial charge in [-0.3, -0.25) is 4.79 Å². The van der Waals surface area contributed by atoms with Crippen molar-refractivity contribution in [1.82, 2.24) is 0 Å². The van der Waals surface area contributed by atoms with E-state index in [1.807, 2.05) is 32.9 Å². The van der Waals surface area contributed by atoms with Crippen LogP contribution in [0.3, 0.4) is 0 Å². The molecule has 138 valence electrons. The third-order valence-electron chi connectivity index (χ3n) is 3.78. The summed E-state index contributed by atoms with van der Waals surface area (Å²) in [5, 5.41) is 3.22. The third kappa shape index (κ3) is 5.23. The first-order valence-electron chi connectivity index (χ1n) is 8.23. The normalized spacial score (nSPS) is 11.6. The SMILES string of the molecule is Cc1cc(C)c(NC(=O)[C@H](C)OC(=O)COc2ccccc2Cl)c(C)c1. The summed E-state index contributed by atoms with van der Waals surface area (Å²) >= 11 is 5.95. The highest BCUT2D eigenvalue weighted by Gasteiger charge is 2.20. The van der Waals surface area contributed by atoms with Crippen molar-refractivity contribution in [1.29, 1.82) is 0 Å². The Bertz CT molecular complexity index is 796. The van der Waals surface area contributed by atoms with Gasteiger partial charge in [-0.1, -0.05) is 41.4 Å². The Balaban J connectivity index is 1.90. The van der Waals surface area contributed by atoms with Crippen LogP contribution in [0.4, 0.5) is 5.69 Å². The predicted octanol–water partition coefficient (Wildman–Crippen LogP) is 4.21. The van der Waals surface area contributed by atoms with Crippen LogP contribution in [0.2, 0.25) is 5.02 Å². The molecule has 1 atom stereocenters. The number of rotatable bonds is 6. The second kappa shape index (κ2) is 8.72. The number of carbonyl (C=O) groups is 2. The Labute approximate surface area is 158 Å². The van der Waals surface area contributed by atoms with Crippen LogP contribution in [0, 0.1) is 20.8 Å². The van der Waals surface area contributed by atoms with E-state index in [1.54, 1.807) is 24.3 Å². The molecule has 0 heterocycles. The van der Waals surface area contributed by atoms with Gasteiger partial charge in [-0.2, -0.15) is 0 Å². The lowest BCUT2D eigenvalue weighted by Crippen LogP contribution is -2.32. The van der Waals surface area contributed by atoms with Crippen molar-refractivity contribution in [2.75, 3.05) is 11.9 Å². The van der Waals surface area contributed by atoms with E-state index in [1.165, 1.54) is 6.92 Å². The van der Waals surface area contributed by atoms with Crippen molar-refractivity contribution in [3.05, 3.63) is 58.1 Å². The molecule has 0 fully saturated rings. The van der Waals surface area contributed by atoms with Crippen molar-refractivity contribution in [3.8, 4) is 5.75 Å². The van der Waals surface area contributed by atoms with Gasteiger partial charge in [0.1, 0.15) is 5.75 Å². The minimum atomic E-state index is -0.947. The molecule has 5 nitrogen and oxygen atoms in total. The average molecular weight is 376 g/mol. The highest BCUT2D eigenvalue weighted by atomic mass is 35.5. The maximum Gasteiger partial charge on any atom is 0.344 e. The highest BCUT2D eigenvalue weighted by molar-refractivity contribution is 6.32. The lowest BCUT2D eigenvalue weighted by atomic mass is 10.0. The van der Waals surface area contributed by atoms with Gasteiger partial charge < -0.3 is 14.8 Å². The Hall–Kier alpha value is -2.53. The van der Waals surface area contributed by atoms with Crippen LogP contribution in [0.5, 0.6) is 5.75 Å². The molecule has 2 aromatic carbocycles. The van der Waals surface area contributed by atoms with Crippen molar-refractivity contribution < 1.29 is 19.1 Å². The van der Waals surface area contributed by atoms with E-state index in [0.717, 1.165) is 22.4 Å². The number of esters is 1. The number of anilines is 1. The van der Waals surface area contributed by atoms with Crippen LogP contribution in [-0.2, 0) is 14.3 Å². The van der Waals surface area contributed by atoms with E-state index >= 15 is 0 Å². The smallest absolute Gasteiger partial charge is 0.344 e. The van der Waals surface area contributed by atoms with Crippen molar-refractivity contribution in [3.63, 3.8) is 0 Å². The molecule has 0 aliphatic heterocycles. The number of hydrogen-bond donors (Lipinski definition) is 1. The quantitative estimate of drug-likeness (QED) is 0.768. The zero-order valence-corrected chi connectivity index (χ0v) is 16.0. The number of benzene rings is 2. The molecule has 0 aromatic heterocycles. The Morgan fingerprint density at radius 3 is 2.35 bits per heavy atom. The van der Waals surface area contributed by atoms with Gasteiger partial charge >= 0.3 is 5.97 Å². The van der Waals surface area contributed by atoms with Crippen LogP contribution in [0.15, 0.2) is 36.4 Å². The Morgan fingerprint density at radius 1 is 1.12 bits per heavy atom. The minimum absolute atomic E-state index is 0.329. The van der Waals surface area contributed by atoms with Crippen LogP contribution in [0.25, 0.3) is 0 Å². The summed E-state index contributed by atoms with van der Waals surface area (Å²) in [5.41, 5.74) is 3.76. The summed E-state index contributed by atoms with van der Waals surface area (Å²) in [6.45, 7) is 7.02. The van der Waals surface area contributed by atoms with Crippen LogP contribution >= 0.6 is 11.6 Å². The minimum Gasteiger partial charge on any atom is -0.480 e. The van der Waals surface area contributed by atoms with E-state index in [4.69, 9.17) is 21.1 Å². The summed E-state index contributed by atoms with van der Waals surface area (Å²) in [4.78, 5) is 24.2. The third-order valence-corrected chi connectivity index (χ3v) is 4.10. The molecule has 0 saturated heterocycles. The average Bonchev–Trinajstić information content (AvgIpc) is 2.57. The number of carbonyl (C=O) groups excluding carboxylic acids is 2. The fourth-order valence-electron chi connectivity index (χ4n) is 2.59. The van der Waals surface area contributed by atoms with Gasteiger partial charge in [-0.25, -0.2) is 4.79 Å². The zero-order chi connectivity index (χ0) is 19.3. The van der Waals surface area contributed by atoms with Gasteiger partial charge in [0, 0.05) is 5.69 Å². The molecule has 1 amide bonds. The molecule has 2 aromatic rings. The summed E-state index contributed by atoms with van der Waals surface area (Å²) in [5.74, 6) is -0.662. The summed E-state index contributed by atoms with van der Waals surface area (Å²) in [7, 11) is 0. The maximum atomic E-state index is 12.3. The summed E-state index contributed by atoms with van der Waals surface area (Å²) < 4.78 is 10.4. The first-order chi connectivity index (χ1) is 12.3. The zero-order valence-electron chi connectivity index (χ0n) is 15.3. The number of nitrogens with one attached hydrogen (secondary N) is 1. The number of halogens is 1. The van der Waals surface area contributed by atoms with Crippen LogP contribution < -0.4 is 10.1 Å². The van der Waals surface area contributed by atoms with Crippen LogP contribution in [-0.4, -0.2) is 24.6 Å². The molecule has 0 saturated carbocycles. The van der Waals surface area contributed by atoms with E-state index in [0.29, 0.717) is 10.8 Å². The van der Waals surface area contributed by atoms with E-state index in [2.05, 4.69) is 5.32 Å². The maximum absolute atomic E-state index is 12.3. The molecule has 6 heteroatoms. The molecule has 1 N–H and O–H groups in total. The summed E-state index contributed by atoms with van der Waals surface area (Å²) in [6.07, 6.45) is -0.947. The van der Waals surface area contributed by atoms with Gasteiger partial charge in [-0.15, -0.1) is 0 Å². The number of aryl methyl sites for hydroxylation is 3. The fourth-order valence-corrected chi connectivity index (χ4v) is 2.78. The van der Waals surface area contributed by atoms with Gasteiger partial charge in [-0.05, 0) is 51.0 Å². The molecule has 0 spiro atoms. The monoisotopic (exact) mass is 375 g/mol. The topological polar surface area (TPSA) is 64.6 Å². The van der Waals surface area contributed by atoms with E-state index < -0.39 is 18.0 Å². The van der Waals surface area contributed by atoms with Gasteiger partial charge in [0.05, 0.1) is 5.02 Å². The van der Waals surface area contributed by atoms with Gasteiger partial charge in [0.15, 0.2) is 12.7 Å². The molecular formula is C20H22ClNO4. The lowest BCUT2D eigenvalue weighted by Gasteiger charge is -2.17. The standard InChI is InChI=1S/C20H22ClNO4/c1-12-9-13(2)19(14(3)10-12)22-20(24)15(4)26-18(23)11-25-17-8-6-5-7-16(17)21/h5-10,15H,11H2,1-4H3,(H,22,24)/t15-/m0/s1.